The molecule has 0 bridgehead atoms. The van der Waals surface area contributed by atoms with Crippen molar-refractivity contribution in [1.82, 2.24) is 5.32 Å². The summed E-state index contributed by atoms with van der Waals surface area (Å²) in [6, 6.07) is 21.6. The van der Waals surface area contributed by atoms with Gasteiger partial charge in [0.1, 0.15) is 0 Å². The fourth-order valence-electron chi connectivity index (χ4n) is 4.32. The zero-order chi connectivity index (χ0) is 19.5. The SMILES string of the molecule is CCC[C@H]1N[C@@H](CO[Si](c2ccccc2)(c2ccccc2)C(C)(C)C)[C@H]1O. The molecule has 1 heterocycles. The lowest BCUT2D eigenvalue weighted by atomic mass is 9.90. The Bertz CT molecular complexity index is 675. The first-order chi connectivity index (χ1) is 12.9. The van der Waals surface area contributed by atoms with Crippen molar-refractivity contribution in [1.29, 1.82) is 0 Å². The van der Waals surface area contributed by atoms with Gasteiger partial charge in [-0.3, -0.25) is 0 Å². The second-order valence-electron chi connectivity index (χ2n) is 8.63. The van der Waals surface area contributed by atoms with Crippen LogP contribution in [-0.4, -0.2) is 38.2 Å². The van der Waals surface area contributed by atoms with E-state index in [1.807, 2.05) is 0 Å². The van der Waals surface area contributed by atoms with E-state index in [0.717, 1.165) is 12.8 Å². The average molecular weight is 384 g/mol. The zero-order valence-electron chi connectivity index (χ0n) is 17.0. The molecule has 0 spiro atoms. The standard InChI is InChI=1S/C23H33NO2Si/c1-5-12-20-22(25)21(24-20)17-26-27(23(2,3)4,18-13-8-6-9-14-18)19-15-10-7-11-16-19/h6-11,13-16,20-22,24-25H,5,12,17H2,1-4H3/t20-,21+,22+/m1/s1. The molecule has 1 aliphatic heterocycles. The van der Waals surface area contributed by atoms with Crippen LogP contribution in [0.4, 0.5) is 0 Å². The molecular weight excluding hydrogens is 350 g/mol. The minimum atomic E-state index is -2.52. The number of hydrogen-bond acceptors (Lipinski definition) is 3. The van der Waals surface area contributed by atoms with Gasteiger partial charge < -0.3 is 14.8 Å². The zero-order valence-corrected chi connectivity index (χ0v) is 18.0. The van der Waals surface area contributed by atoms with E-state index in [1.54, 1.807) is 0 Å². The average Bonchev–Trinajstić information content (AvgIpc) is 2.67. The summed E-state index contributed by atoms with van der Waals surface area (Å²) in [7, 11) is -2.52. The van der Waals surface area contributed by atoms with Gasteiger partial charge in [0, 0.05) is 6.04 Å². The number of aliphatic hydroxyl groups excluding tert-OH is 1. The predicted octanol–water partition coefficient (Wildman–Crippen LogP) is 3.06. The molecule has 27 heavy (non-hydrogen) atoms. The van der Waals surface area contributed by atoms with Gasteiger partial charge in [-0.1, -0.05) is 94.8 Å². The van der Waals surface area contributed by atoms with Gasteiger partial charge in [0.05, 0.1) is 18.8 Å². The van der Waals surface area contributed by atoms with Gasteiger partial charge in [0.15, 0.2) is 0 Å². The molecule has 2 aromatic carbocycles. The Labute approximate surface area is 164 Å². The topological polar surface area (TPSA) is 41.5 Å². The minimum absolute atomic E-state index is 0.0169. The van der Waals surface area contributed by atoms with Gasteiger partial charge >= 0.3 is 0 Å². The molecule has 2 N–H and O–H groups in total. The molecule has 0 amide bonds. The minimum Gasteiger partial charge on any atom is -0.406 e. The molecule has 3 nitrogen and oxygen atoms in total. The van der Waals surface area contributed by atoms with Gasteiger partial charge in [-0.15, -0.1) is 0 Å². The predicted molar refractivity (Wildman–Crippen MR) is 115 cm³/mol. The molecule has 0 saturated carbocycles. The number of nitrogens with one attached hydrogen (secondary N) is 1. The number of aliphatic hydroxyl groups is 1. The molecule has 0 aromatic heterocycles. The highest BCUT2D eigenvalue weighted by Gasteiger charge is 2.51. The summed E-state index contributed by atoms with van der Waals surface area (Å²) in [5, 5.41) is 16.5. The highest BCUT2D eigenvalue weighted by Crippen LogP contribution is 2.37. The maximum Gasteiger partial charge on any atom is 0.261 e. The monoisotopic (exact) mass is 383 g/mol. The highest BCUT2D eigenvalue weighted by atomic mass is 28.4. The largest absolute Gasteiger partial charge is 0.406 e. The normalized spacial score (nSPS) is 23.1. The first kappa shape index (κ1) is 20.3. The molecule has 4 heteroatoms. The molecule has 2 aromatic rings. The third kappa shape index (κ3) is 3.90. The van der Waals surface area contributed by atoms with Crippen molar-refractivity contribution >= 4 is 18.7 Å². The van der Waals surface area contributed by atoms with Crippen LogP contribution >= 0.6 is 0 Å². The van der Waals surface area contributed by atoms with Gasteiger partial charge in [-0.05, 0) is 21.8 Å². The van der Waals surface area contributed by atoms with Crippen molar-refractivity contribution in [3.8, 4) is 0 Å². The fourth-order valence-corrected chi connectivity index (χ4v) is 8.91. The van der Waals surface area contributed by atoms with E-state index in [-0.39, 0.29) is 23.2 Å². The molecule has 0 aliphatic carbocycles. The van der Waals surface area contributed by atoms with E-state index in [2.05, 4.69) is 93.7 Å². The molecule has 1 fully saturated rings. The number of rotatable bonds is 7. The van der Waals surface area contributed by atoms with Crippen LogP contribution in [0.25, 0.3) is 0 Å². The molecule has 0 radical (unpaired) electrons. The van der Waals surface area contributed by atoms with E-state index in [0.29, 0.717) is 6.61 Å². The van der Waals surface area contributed by atoms with Gasteiger partial charge in [0.2, 0.25) is 0 Å². The van der Waals surface area contributed by atoms with Crippen LogP contribution in [0.15, 0.2) is 60.7 Å². The maximum absolute atomic E-state index is 10.5. The summed E-state index contributed by atoms with van der Waals surface area (Å²) >= 11 is 0. The Balaban J connectivity index is 1.93. The maximum atomic E-state index is 10.5. The molecule has 1 saturated heterocycles. The van der Waals surface area contributed by atoms with Crippen molar-refractivity contribution in [3.05, 3.63) is 60.7 Å². The van der Waals surface area contributed by atoms with Crippen molar-refractivity contribution in [2.24, 2.45) is 0 Å². The van der Waals surface area contributed by atoms with Crippen LogP contribution in [0.3, 0.4) is 0 Å². The van der Waals surface area contributed by atoms with Gasteiger partial charge in [0.25, 0.3) is 8.32 Å². The van der Waals surface area contributed by atoms with E-state index < -0.39 is 8.32 Å². The molecule has 1 aliphatic rings. The van der Waals surface area contributed by atoms with E-state index >= 15 is 0 Å². The summed E-state index contributed by atoms with van der Waals surface area (Å²) < 4.78 is 6.88. The Morgan fingerprint density at radius 1 is 0.926 bits per heavy atom. The van der Waals surface area contributed by atoms with Crippen molar-refractivity contribution in [2.75, 3.05) is 6.61 Å². The lowest BCUT2D eigenvalue weighted by Gasteiger charge is -2.47. The molecule has 3 rings (SSSR count). The Hall–Kier alpha value is -1.46. The fraction of sp³-hybridized carbons (Fsp3) is 0.478. The third-order valence-corrected chi connectivity index (χ3v) is 10.8. The summed E-state index contributed by atoms with van der Waals surface area (Å²) in [6.45, 7) is 9.53. The van der Waals surface area contributed by atoms with Crippen LogP contribution in [0.1, 0.15) is 40.5 Å². The summed E-state index contributed by atoms with van der Waals surface area (Å²) in [5.41, 5.74) is 0. The number of benzene rings is 2. The van der Waals surface area contributed by atoms with Crippen LogP contribution in [-0.2, 0) is 4.43 Å². The Kier molecular flexibility index (Phi) is 6.21. The summed E-state index contributed by atoms with van der Waals surface area (Å²) in [6.07, 6.45) is 1.77. The summed E-state index contributed by atoms with van der Waals surface area (Å²) in [5.74, 6) is 0. The number of hydrogen-bond donors (Lipinski definition) is 2. The highest BCUT2D eigenvalue weighted by molar-refractivity contribution is 6.99. The van der Waals surface area contributed by atoms with Gasteiger partial charge in [-0.25, -0.2) is 0 Å². The van der Waals surface area contributed by atoms with Crippen molar-refractivity contribution in [3.63, 3.8) is 0 Å². The molecule has 146 valence electrons. The van der Waals surface area contributed by atoms with Crippen molar-refractivity contribution in [2.45, 2.75) is 63.8 Å². The molecular formula is C23H33NO2Si. The van der Waals surface area contributed by atoms with E-state index in [1.165, 1.54) is 10.4 Å². The molecule has 0 unspecified atom stereocenters. The smallest absolute Gasteiger partial charge is 0.261 e. The third-order valence-electron chi connectivity index (χ3n) is 5.75. The Morgan fingerprint density at radius 2 is 1.44 bits per heavy atom. The van der Waals surface area contributed by atoms with Crippen LogP contribution < -0.4 is 15.7 Å². The lowest BCUT2D eigenvalue weighted by Crippen LogP contribution is -2.71. The van der Waals surface area contributed by atoms with Crippen LogP contribution in [0.5, 0.6) is 0 Å². The second kappa shape index (κ2) is 8.27. The van der Waals surface area contributed by atoms with Gasteiger partial charge in [-0.2, -0.15) is 0 Å². The quantitative estimate of drug-likeness (QED) is 0.722. The second-order valence-corrected chi connectivity index (χ2v) is 12.9. The molecule has 3 atom stereocenters. The van der Waals surface area contributed by atoms with Crippen LogP contribution in [0, 0.1) is 0 Å². The van der Waals surface area contributed by atoms with Crippen LogP contribution in [0.2, 0.25) is 5.04 Å². The van der Waals surface area contributed by atoms with E-state index in [9.17, 15) is 5.11 Å². The summed E-state index contributed by atoms with van der Waals surface area (Å²) in [4.78, 5) is 0. The first-order valence-corrected chi connectivity index (χ1v) is 12.0. The lowest BCUT2D eigenvalue weighted by molar-refractivity contribution is -0.0157. The Morgan fingerprint density at radius 3 is 1.85 bits per heavy atom. The van der Waals surface area contributed by atoms with E-state index in [4.69, 9.17) is 4.43 Å². The van der Waals surface area contributed by atoms with Crippen molar-refractivity contribution < 1.29 is 9.53 Å². The first-order valence-electron chi connectivity index (χ1n) is 10.1.